The van der Waals surface area contributed by atoms with Crippen LogP contribution in [0.25, 0.3) is 5.76 Å². The first-order chi connectivity index (χ1) is 13.1. The van der Waals surface area contributed by atoms with E-state index in [4.69, 9.17) is 16.0 Å². The van der Waals surface area contributed by atoms with E-state index in [1.54, 1.807) is 36.4 Å². The third-order valence-corrected chi connectivity index (χ3v) is 5.49. The highest BCUT2D eigenvalue weighted by Gasteiger charge is 2.47. The quantitative estimate of drug-likeness (QED) is 0.395. The van der Waals surface area contributed by atoms with Crippen molar-refractivity contribution >= 4 is 40.4 Å². The highest BCUT2D eigenvalue weighted by Crippen LogP contribution is 2.40. The normalized spacial score (nSPS) is 19.0. The fraction of sp³-hybridized carbons (Fsp3) is 0.100. The molecule has 0 aliphatic carbocycles. The summed E-state index contributed by atoms with van der Waals surface area (Å²) in [5.74, 6) is -1.23. The average Bonchev–Trinajstić information content (AvgIpc) is 3.40. The van der Waals surface area contributed by atoms with Crippen molar-refractivity contribution in [1.29, 1.82) is 0 Å². The smallest absolute Gasteiger partial charge is 0.296 e. The molecule has 0 spiro atoms. The number of rotatable bonds is 4. The summed E-state index contributed by atoms with van der Waals surface area (Å²) in [6.45, 7) is 0.255. The van der Waals surface area contributed by atoms with Crippen molar-refractivity contribution in [3.05, 3.63) is 87.0 Å². The number of Topliss-reactive ketones (excluding diaryl/α,β-unsaturated/α-hetero) is 1. The van der Waals surface area contributed by atoms with Crippen molar-refractivity contribution in [1.82, 2.24) is 4.90 Å². The van der Waals surface area contributed by atoms with Crippen LogP contribution < -0.4 is 0 Å². The molecule has 27 heavy (non-hydrogen) atoms. The molecule has 0 saturated carbocycles. The van der Waals surface area contributed by atoms with Gasteiger partial charge in [-0.15, -0.1) is 11.3 Å². The summed E-state index contributed by atoms with van der Waals surface area (Å²) in [7, 11) is 0. The zero-order chi connectivity index (χ0) is 19.0. The molecule has 1 fully saturated rings. The van der Waals surface area contributed by atoms with Gasteiger partial charge >= 0.3 is 0 Å². The Morgan fingerprint density at radius 2 is 1.93 bits per heavy atom. The van der Waals surface area contributed by atoms with E-state index < -0.39 is 17.7 Å². The Kier molecular flexibility index (Phi) is 4.59. The minimum Gasteiger partial charge on any atom is -0.507 e. The molecule has 1 saturated heterocycles. The van der Waals surface area contributed by atoms with Gasteiger partial charge in [0.2, 0.25) is 0 Å². The van der Waals surface area contributed by atoms with Crippen LogP contribution >= 0.6 is 22.9 Å². The number of benzene rings is 1. The molecule has 1 aliphatic heterocycles. The van der Waals surface area contributed by atoms with E-state index in [1.807, 2.05) is 17.5 Å². The summed E-state index contributed by atoms with van der Waals surface area (Å²) in [4.78, 5) is 27.8. The molecule has 1 unspecified atom stereocenters. The maximum atomic E-state index is 12.8. The van der Waals surface area contributed by atoms with E-state index >= 15 is 0 Å². The molecule has 0 radical (unpaired) electrons. The molecule has 136 valence electrons. The number of halogens is 1. The molecule has 1 atom stereocenters. The number of aliphatic hydroxyl groups is 1. The average molecular weight is 400 g/mol. The van der Waals surface area contributed by atoms with E-state index in [2.05, 4.69) is 0 Å². The van der Waals surface area contributed by atoms with Crippen LogP contribution in [0.15, 0.2) is 70.2 Å². The fourth-order valence-corrected chi connectivity index (χ4v) is 3.95. The number of hydrogen-bond donors (Lipinski definition) is 1. The predicted molar refractivity (Wildman–Crippen MR) is 102 cm³/mol. The number of carbonyl (C=O) groups is 2. The number of furan rings is 1. The first kappa shape index (κ1) is 17.6. The largest absolute Gasteiger partial charge is 0.507 e. The Balaban J connectivity index is 1.83. The number of thiophene rings is 1. The number of carbonyl (C=O) groups excluding carboxylic acids is 2. The van der Waals surface area contributed by atoms with Crippen molar-refractivity contribution in [3.8, 4) is 0 Å². The molecule has 4 rings (SSSR count). The molecule has 1 N–H and O–H groups in total. The van der Waals surface area contributed by atoms with Crippen LogP contribution in [-0.4, -0.2) is 21.7 Å². The molecule has 7 heteroatoms. The van der Waals surface area contributed by atoms with Crippen LogP contribution in [0.3, 0.4) is 0 Å². The third-order valence-electron chi connectivity index (χ3n) is 4.38. The van der Waals surface area contributed by atoms with E-state index in [0.29, 0.717) is 16.3 Å². The van der Waals surface area contributed by atoms with Crippen molar-refractivity contribution in [2.75, 3.05) is 0 Å². The van der Waals surface area contributed by atoms with Gasteiger partial charge in [-0.2, -0.15) is 0 Å². The SMILES string of the molecule is O=C1C(=O)N(Cc2cccs2)C(c2ccco2)/C1=C(\O)c1ccc(Cl)cc1. The molecule has 3 heterocycles. The van der Waals surface area contributed by atoms with Gasteiger partial charge in [0, 0.05) is 15.5 Å². The lowest BCUT2D eigenvalue weighted by atomic mass is 9.99. The van der Waals surface area contributed by atoms with Crippen LogP contribution in [0.1, 0.15) is 22.2 Å². The van der Waals surface area contributed by atoms with E-state index in [9.17, 15) is 14.7 Å². The molecular formula is C20H14ClNO4S. The minimum atomic E-state index is -0.794. The maximum Gasteiger partial charge on any atom is 0.296 e. The zero-order valence-electron chi connectivity index (χ0n) is 14.0. The Hall–Kier alpha value is -2.83. The van der Waals surface area contributed by atoms with E-state index in [0.717, 1.165) is 4.88 Å². The molecule has 1 amide bonds. The molecule has 1 aromatic carbocycles. The fourth-order valence-electron chi connectivity index (χ4n) is 3.12. The number of likely N-dealkylation sites (tertiary alicyclic amines) is 1. The van der Waals surface area contributed by atoms with Crippen molar-refractivity contribution < 1.29 is 19.1 Å². The third kappa shape index (κ3) is 3.18. The lowest BCUT2D eigenvalue weighted by Crippen LogP contribution is -2.28. The van der Waals surface area contributed by atoms with Gasteiger partial charge < -0.3 is 14.4 Å². The van der Waals surface area contributed by atoms with E-state index in [-0.39, 0.29) is 17.9 Å². The number of amides is 1. The topological polar surface area (TPSA) is 70.8 Å². The zero-order valence-corrected chi connectivity index (χ0v) is 15.5. The molecule has 2 aromatic heterocycles. The number of ketones is 1. The van der Waals surface area contributed by atoms with Crippen molar-refractivity contribution in [2.45, 2.75) is 12.6 Å². The molecular weight excluding hydrogens is 386 g/mol. The van der Waals surface area contributed by atoms with Gasteiger partial charge in [-0.25, -0.2) is 0 Å². The second kappa shape index (κ2) is 7.06. The lowest BCUT2D eigenvalue weighted by molar-refractivity contribution is -0.140. The number of hydrogen-bond acceptors (Lipinski definition) is 5. The summed E-state index contributed by atoms with van der Waals surface area (Å²) in [5.41, 5.74) is 0.416. The minimum absolute atomic E-state index is 0.00817. The van der Waals surface area contributed by atoms with E-state index in [1.165, 1.54) is 22.5 Å². The standard InChI is InChI=1S/C20H14ClNO4S/c21-13-7-5-12(6-8-13)18(23)16-17(15-4-1-9-26-15)22(20(25)19(16)24)11-14-3-2-10-27-14/h1-10,17,23H,11H2/b18-16+. The lowest BCUT2D eigenvalue weighted by Gasteiger charge is -2.22. The van der Waals surface area contributed by atoms with Gasteiger partial charge in [-0.05, 0) is 47.8 Å². The van der Waals surface area contributed by atoms with Crippen LogP contribution in [0.2, 0.25) is 5.02 Å². The Morgan fingerprint density at radius 1 is 1.15 bits per heavy atom. The highest BCUT2D eigenvalue weighted by atomic mass is 35.5. The summed E-state index contributed by atoms with van der Waals surface area (Å²) in [6, 6.07) is 12.8. The highest BCUT2D eigenvalue weighted by molar-refractivity contribution is 7.09. The van der Waals surface area contributed by atoms with Gasteiger partial charge in [-0.1, -0.05) is 17.7 Å². The molecule has 0 bridgehead atoms. The number of nitrogens with zero attached hydrogens (tertiary/aromatic N) is 1. The van der Waals surface area contributed by atoms with Gasteiger partial charge in [0.1, 0.15) is 17.6 Å². The molecule has 1 aliphatic rings. The Morgan fingerprint density at radius 3 is 2.56 bits per heavy atom. The van der Waals surface area contributed by atoms with Crippen molar-refractivity contribution in [3.63, 3.8) is 0 Å². The Bertz CT molecular complexity index is 1010. The first-order valence-corrected chi connectivity index (χ1v) is 9.42. The second-order valence-electron chi connectivity index (χ2n) is 6.03. The van der Waals surface area contributed by atoms with Crippen LogP contribution in [0.4, 0.5) is 0 Å². The van der Waals surface area contributed by atoms with Crippen LogP contribution in [0, 0.1) is 0 Å². The summed E-state index contributed by atoms with van der Waals surface area (Å²) in [6.07, 6.45) is 1.48. The summed E-state index contributed by atoms with van der Waals surface area (Å²) in [5, 5.41) is 13.2. The van der Waals surface area contributed by atoms with Gasteiger partial charge in [0.05, 0.1) is 18.4 Å². The van der Waals surface area contributed by atoms with Gasteiger partial charge in [0.25, 0.3) is 11.7 Å². The van der Waals surface area contributed by atoms with Crippen molar-refractivity contribution in [2.24, 2.45) is 0 Å². The van der Waals surface area contributed by atoms with Gasteiger partial charge in [0.15, 0.2) is 0 Å². The summed E-state index contributed by atoms with van der Waals surface area (Å²) >= 11 is 7.39. The number of aliphatic hydroxyl groups excluding tert-OH is 1. The monoisotopic (exact) mass is 399 g/mol. The Labute approximate surface area is 164 Å². The maximum absolute atomic E-state index is 12.8. The predicted octanol–water partition coefficient (Wildman–Crippen LogP) is 4.62. The second-order valence-corrected chi connectivity index (χ2v) is 7.50. The molecule has 5 nitrogen and oxygen atoms in total. The first-order valence-electron chi connectivity index (χ1n) is 8.16. The molecule has 3 aromatic rings. The van der Waals surface area contributed by atoms with Crippen LogP contribution in [0.5, 0.6) is 0 Å². The van der Waals surface area contributed by atoms with Crippen LogP contribution in [-0.2, 0) is 16.1 Å². The van der Waals surface area contributed by atoms with Gasteiger partial charge in [-0.3, -0.25) is 9.59 Å². The summed E-state index contributed by atoms with van der Waals surface area (Å²) < 4.78 is 5.49.